The summed E-state index contributed by atoms with van der Waals surface area (Å²) in [6.45, 7) is 2.19. The smallest absolute Gasteiger partial charge is 0.255 e. The van der Waals surface area contributed by atoms with Crippen molar-refractivity contribution in [3.63, 3.8) is 0 Å². The number of rotatable bonds is 6. The molecule has 0 aliphatic carbocycles. The van der Waals surface area contributed by atoms with Crippen LogP contribution in [0.1, 0.15) is 15.9 Å². The monoisotopic (exact) mass is 373 g/mol. The van der Waals surface area contributed by atoms with Crippen LogP contribution in [-0.2, 0) is 4.79 Å². The summed E-state index contributed by atoms with van der Waals surface area (Å²) in [6.07, 6.45) is 0. The van der Waals surface area contributed by atoms with Crippen molar-refractivity contribution in [2.75, 3.05) is 29.1 Å². The second kappa shape index (κ2) is 8.86. The van der Waals surface area contributed by atoms with Gasteiger partial charge in [-0.1, -0.05) is 35.9 Å². The van der Waals surface area contributed by atoms with Crippen molar-refractivity contribution in [1.82, 2.24) is 0 Å². The molecular formula is C23H23N3O2. The summed E-state index contributed by atoms with van der Waals surface area (Å²) in [5.41, 5.74) is 3.98. The zero-order valence-electron chi connectivity index (χ0n) is 16.0. The molecule has 2 amide bonds. The van der Waals surface area contributed by atoms with E-state index in [2.05, 4.69) is 10.6 Å². The number of hydrogen-bond acceptors (Lipinski definition) is 3. The Morgan fingerprint density at radius 3 is 2.11 bits per heavy atom. The lowest BCUT2D eigenvalue weighted by molar-refractivity contribution is -0.114. The van der Waals surface area contributed by atoms with Crippen molar-refractivity contribution < 1.29 is 9.59 Å². The Balaban J connectivity index is 1.55. The summed E-state index contributed by atoms with van der Waals surface area (Å²) < 4.78 is 0. The number of amides is 2. The van der Waals surface area contributed by atoms with Gasteiger partial charge in [-0.2, -0.15) is 0 Å². The van der Waals surface area contributed by atoms with Crippen LogP contribution in [0.5, 0.6) is 0 Å². The maximum Gasteiger partial charge on any atom is 0.255 e. The standard InChI is InChI=1S/C23H23N3O2/c1-17-7-6-8-18(15-17)23(28)25-20-13-11-19(12-14-20)24-22(27)16-26(2)21-9-4-3-5-10-21/h3-15H,16H2,1-2H3,(H,24,27)(H,25,28). The summed E-state index contributed by atoms with van der Waals surface area (Å²) in [4.78, 5) is 26.4. The number of carbonyl (C=O) groups is 2. The van der Waals surface area contributed by atoms with Crippen LogP contribution >= 0.6 is 0 Å². The molecule has 0 atom stereocenters. The Kier molecular flexibility index (Phi) is 6.07. The first-order chi connectivity index (χ1) is 13.5. The highest BCUT2D eigenvalue weighted by molar-refractivity contribution is 6.04. The molecule has 3 rings (SSSR count). The third-order valence-electron chi connectivity index (χ3n) is 4.28. The number of nitrogens with one attached hydrogen (secondary N) is 2. The van der Waals surface area contributed by atoms with Gasteiger partial charge in [0.1, 0.15) is 0 Å². The highest BCUT2D eigenvalue weighted by Gasteiger charge is 2.09. The van der Waals surface area contributed by atoms with Crippen LogP contribution in [-0.4, -0.2) is 25.4 Å². The van der Waals surface area contributed by atoms with Gasteiger partial charge in [-0.15, -0.1) is 0 Å². The normalized spacial score (nSPS) is 10.2. The van der Waals surface area contributed by atoms with Crippen molar-refractivity contribution in [3.05, 3.63) is 90.0 Å². The number of likely N-dealkylation sites (N-methyl/N-ethyl adjacent to an activating group) is 1. The van der Waals surface area contributed by atoms with Crippen LogP contribution in [0, 0.1) is 6.92 Å². The number of para-hydroxylation sites is 1. The van der Waals surface area contributed by atoms with Gasteiger partial charge in [0.25, 0.3) is 5.91 Å². The summed E-state index contributed by atoms with van der Waals surface area (Å²) >= 11 is 0. The van der Waals surface area contributed by atoms with Crippen LogP contribution in [0.4, 0.5) is 17.1 Å². The summed E-state index contributed by atoms with van der Waals surface area (Å²) in [6, 6.07) is 24.2. The lowest BCUT2D eigenvalue weighted by atomic mass is 10.1. The van der Waals surface area contributed by atoms with E-state index in [1.54, 1.807) is 30.3 Å². The quantitative estimate of drug-likeness (QED) is 0.676. The van der Waals surface area contributed by atoms with Gasteiger partial charge in [0, 0.05) is 29.7 Å². The van der Waals surface area contributed by atoms with Gasteiger partial charge < -0.3 is 15.5 Å². The average Bonchev–Trinajstić information content (AvgIpc) is 2.70. The van der Waals surface area contributed by atoms with Crippen molar-refractivity contribution >= 4 is 28.9 Å². The van der Waals surface area contributed by atoms with Gasteiger partial charge in [-0.25, -0.2) is 0 Å². The molecule has 3 aromatic rings. The summed E-state index contributed by atoms with van der Waals surface area (Å²) in [5, 5.41) is 5.73. The zero-order chi connectivity index (χ0) is 19.9. The minimum Gasteiger partial charge on any atom is -0.365 e. The fourth-order valence-corrected chi connectivity index (χ4v) is 2.82. The number of benzene rings is 3. The molecule has 5 nitrogen and oxygen atoms in total. The lowest BCUT2D eigenvalue weighted by Gasteiger charge is -2.18. The van der Waals surface area contributed by atoms with Crippen molar-refractivity contribution in [1.29, 1.82) is 0 Å². The fourth-order valence-electron chi connectivity index (χ4n) is 2.82. The van der Waals surface area contributed by atoms with Crippen molar-refractivity contribution in [2.45, 2.75) is 6.92 Å². The molecule has 0 aliphatic rings. The van der Waals surface area contributed by atoms with Gasteiger partial charge >= 0.3 is 0 Å². The van der Waals surface area contributed by atoms with E-state index in [0.717, 1.165) is 11.3 Å². The third-order valence-corrected chi connectivity index (χ3v) is 4.28. The van der Waals surface area contributed by atoms with E-state index < -0.39 is 0 Å². The van der Waals surface area contributed by atoms with Crippen molar-refractivity contribution in [3.8, 4) is 0 Å². The van der Waals surface area contributed by atoms with Gasteiger partial charge in [0.15, 0.2) is 0 Å². The molecule has 0 aliphatic heterocycles. The van der Waals surface area contributed by atoms with Crippen LogP contribution in [0.2, 0.25) is 0 Å². The molecule has 0 aromatic heterocycles. The summed E-state index contributed by atoms with van der Waals surface area (Å²) in [5.74, 6) is -0.270. The Hall–Kier alpha value is -3.60. The highest BCUT2D eigenvalue weighted by Crippen LogP contribution is 2.16. The molecule has 0 unspecified atom stereocenters. The average molecular weight is 373 g/mol. The highest BCUT2D eigenvalue weighted by atomic mass is 16.2. The van der Waals surface area contributed by atoms with E-state index in [-0.39, 0.29) is 18.4 Å². The maximum absolute atomic E-state index is 12.3. The SMILES string of the molecule is Cc1cccc(C(=O)Nc2ccc(NC(=O)CN(C)c3ccccc3)cc2)c1. The number of carbonyl (C=O) groups excluding carboxylic acids is 2. The molecule has 0 saturated carbocycles. The Morgan fingerprint density at radius 1 is 0.821 bits per heavy atom. The number of aryl methyl sites for hydroxylation is 1. The first-order valence-electron chi connectivity index (χ1n) is 9.05. The molecular weight excluding hydrogens is 350 g/mol. The number of nitrogens with zero attached hydrogens (tertiary/aromatic N) is 1. The first-order valence-corrected chi connectivity index (χ1v) is 9.05. The minimum absolute atomic E-state index is 0.108. The predicted molar refractivity (Wildman–Crippen MR) is 114 cm³/mol. The Labute approximate surface area is 165 Å². The molecule has 2 N–H and O–H groups in total. The molecule has 142 valence electrons. The third kappa shape index (κ3) is 5.20. The van der Waals surface area contributed by atoms with E-state index in [1.165, 1.54) is 0 Å². The molecule has 0 fully saturated rings. The molecule has 0 bridgehead atoms. The Morgan fingerprint density at radius 2 is 1.46 bits per heavy atom. The van der Waals surface area contributed by atoms with Crippen LogP contribution in [0.15, 0.2) is 78.9 Å². The largest absolute Gasteiger partial charge is 0.365 e. The Bertz CT molecular complexity index is 953. The van der Waals surface area contributed by atoms with Gasteiger partial charge in [0.2, 0.25) is 5.91 Å². The fraction of sp³-hybridized carbons (Fsp3) is 0.130. The molecule has 28 heavy (non-hydrogen) atoms. The maximum atomic E-state index is 12.3. The first kappa shape index (κ1) is 19.2. The topological polar surface area (TPSA) is 61.4 Å². The molecule has 0 heterocycles. The van der Waals surface area contributed by atoms with Gasteiger partial charge in [-0.3, -0.25) is 9.59 Å². The number of anilines is 3. The van der Waals surface area contributed by atoms with Crippen LogP contribution < -0.4 is 15.5 Å². The second-order valence-corrected chi connectivity index (χ2v) is 6.64. The lowest BCUT2D eigenvalue weighted by Crippen LogP contribution is -2.29. The minimum atomic E-state index is -0.162. The predicted octanol–water partition coefficient (Wildman–Crippen LogP) is 4.32. The van der Waals surface area contributed by atoms with Crippen LogP contribution in [0.25, 0.3) is 0 Å². The molecule has 0 radical (unpaired) electrons. The van der Waals surface area contributed by atoms with E-state index in [1.807, 2.05) is 67.4 Å². The summed E-state index contributed by atoms with van der Waals surface area (Å²) in [7, 11) is 1.87. The zero-order valence-corrected chi connectivity index (χ0v) is 16.0. The molecule has 5 heteroatoms. The second-order valence-electron chi connectivity index (χ2n) is 6.64. The van der Waals surface area contributed by atoms with Gasteiger partial charge in [-0.05, 0) is 55.5 Å². The molecule has 0 spiro atoms. The van der Waals surface area contributed by atoms with E-state index in [9.17, 15) is 9.59 Å². The molecule has 0 saturated heterocycles. The van der Waals surface area contributed by atoms with E-state index >= 15 is 0 Å². The molecule has 3 aromatic carbocycles. The van der Waals surface area contributed by atoms with E-state index in [4.69, 9.17) is 0 Å². The number of hydrogen-bond donors (Lipinski definition) is 2. The van der Waals surface area contributed by atoms with Gasteiger partial charge in [0.05, 0.1) is 6.54 Å². The van der Waals surface area contributed by atoms with Crippen molar-refractivity contribution in [2.24, 2.45) is 0 Å². The van der Waals surface area contributed by atoms with Crippen LogP contribution in [0.3, 0.4) is 0 Å². The van der Waals surface area contributed by atoms with E-state index in [0.29, 0.717) is 16.9 Å².